The number of para-hydroxylation sites is 1. The Morgan fingerprint density at radius 2 is 1.39 bits per heavy atom. The maximum absolute atomic E-state index is 2.40. The molecule has 2 heteroatoms. The monoisotopic (exact) mass is 494 g/mol. The van der Waals surface area contributed by atoms with Gasteiger partial charge in [-0.2, -0.15) is 0 Å². The van der Waals surface area contributed by atoms with Gasteiger partial charge in [-0.15, -0.1) is 0 Å². The van der Waals surface area contributed by atoms with Crippen molar-refractivity contribution in [2.24, 2.45) is 0 Å². The molecule has 0 aromatic heterocycles. The van der Waals surface area contributed by atoms with E-state index in [-0.39, 0.29) is 6.04 Å². The Balaban J connectivity index is 1.52. The van der Waals surface area contributed by atoms with Crippen molar-refractivity contribution in [3.8, 4) is 0 Å². The summed E-state index contributed by atoms with van der Waals surface area (Å²) in [5.41, 5.74) is 8.26. The summed E-state index contributed by atoms with van der Waals surface area (Å²) in [6.07, 6.45) is 25.0. The summed E-state index contributed by atoms with van der Waals surface area (Å²) < 4.78 is 0. The summed E-state index contributed by atoms with van der Waals surface area (Å²) in [6, 6.07) is 30.2. The van der Waals surface area contributed by atoms with Crippen LogP contribution in [0.2, 0.25) is 0 Å². The lowest BCUT2D eigenvalue weighted by Gasteiger charge is -2.32. The van der Waals surface area contributed by atoms with Gasteiger partial charge in [0.2, 0.25) is 0 Å². The molecular formula is C36H34N2. The standard InChI is InChI=1S/C36H34N2/c1-3-29(2)37(36-23-15-14-18-31(28-36)30-16-8-6-9-17-30)34-24-26-35(27-25-34)38(33-21-12-7-13-22-33)32-19-10-4-5-11-20-32/h3-10,12-28,36H,11H2,1-2H3/b29-3+. The number of nitrogens with zero attached hydrogens (tertiary/aromatic N) is 2. The number of hydrogen-bond donors (Lipinski definition) is 0. The van der Waals surface area contributed by atoms with Gasteiger partial charge in [-0.1, -0.05) is 109 Å². The molecule has 0 heterocycles. The Kier molecular flexibility index (Phi) is 8.01. The first-order valence-corrected chi connectivity index (χ1v) is 13.3. The van der Waals surface area contributed by atoms with Gasteiger partial charge in [0.05, 0.1) is 6.04 Å². The molecular weight excluding hydrogens is 460 g/mol. The zero-order chi connectivity index (χ0) is 26.2. The molecule has 5 rings (SSSR count). The minimum absolute atomic E-state index is 0.0889. The van der Waals surface area contributed by atoms with Crippen LogP contribution in [0.15, 0.2) is 163 Å². The van der Waals surface area contributed by atoms with Gasteiger partial charge >= 0.3 is 0 Å². The van der Waals surface area contributed by atoms with Crippen molar-refractivity contribution in [1.29, 1.82) is 0 Å². The molecule has 0 amide bonds. The number of hydrogen-bond acceptors (Lipinski definition) is 2. The molecule has 2 aliphatic rings. The van der Waals surface area contributed by atoms with E-state index >= 15 is 0 Å². The van der Waals surface area contributed by atoms with Crippen LogP contribution in [0, 0.1) is 0 Å². The lowest BCUT2D eigenvalue weighted by atomic mass is 10.0. The Labute approximate surface area is 227 Å². The molecule has 188 valence electrons. The lowest BCUT2D eigenvalue weighted by molar-refractivity contribution is 0.884. The zero-order valence-electron chi connectivity index (χ0n) is 22.1. The Bertz CT molecular complexity index is 1430. The first-order chi connectivity index (χ1) is 18.7. The molecule has 0 bridgehead atoms. The average molecular weight is 495 g/mol. The molecule has 0 aliphatic heterocycles. The van der Waals surface area contributed by atoms with E-state index in [0.29, 0.717) is 0 Å². The molecule has 38 heavy (non-hydrogen) atoms. The maximum atomic E-state index is 2.40. The van der Waals surface area contributed by atoms with Crippen LogP contribution in [0.3, 0.4) is 0 Å². The molecule has 0 fully saturated rings. The minimum Gasteiger partial charge on any atom is -0.335 e. The van der Waals surface area contributed by atoms with Crippen LogP contribution in [0.4, 0.5) is 17.1 Å². The summed E-state index contributed by atoms with van der Waals surface area (Å²) in [7, 11) is 0. The lowest BCUT2D eigenvalue weighted by Crippen LogP contribution is -2.31. The van der Waals surface area contributed by atoms with Crippen LogP contribution in [0.25, 0.3) is 5.57 Å². The highest BCUT2D eigenvalue weighted by Gasteiger charge is 2.19. The van der Waals surface area contributed by atoms with Crippen LogP contribution >= 0.6 is 0 Å². The largest absolute Gasteiger partial charge is 0.335 e. The Morgan fingerprint density at radius 3 is 2.13 bits per heavy atom. The first-order valence-electron chi connectivity index (χ1n) is 13.3. The van der Waals surface area contributed by atoms with E-state index in [1.54, 1.807) is 0 Å². The normalized spacial score (nSPS) is 16.9. The van der Waals surface area contributed by atoms with Crippen molar-refractivity contribution in [2.45, 2.75) is 26.3 Å². The van der Waals surface area contributed by atoms with Crippen LogP contribution in [0.5, 0.6) is 0 Å². The van der Waals surface area contributed by atoms with Crippen molar-refractivity contribution >= 4 is 22.6 Å². The van der Waals surface area contributed by atoms with Crippen molar-refractivity contribution < 1.29 is 0 Å². The van der Waals surface area contributed by atoms with Crippen LogP contribution < -0.4 is 9.80 Å². The second-order valence-corrected chi connectivity index (χ2v) is 9.36. The van der Waals surface area contributed by atoms with E-state index in [1.165, 1.54) is 22.5 Å². The van der Waals surface area contributed by atoms with Crippen LogP contribution in [-0.4, -0.2) is 6.04 Å². The van der Waals surface area contributed by atoms with Crippen molar-refractivity contribution in [2.75, 3.05) is 9.80 Å². The number of benzene rings is 3. The van der Waals surface area contributed by atoms with Gasteiger partial charge in [0.15, 0.2) is 0 Å². The van der Waals surface area contributed by atoms with Gasteiger partial charge < -0.3 is 9.80 Å². The Morgan fingerprint density at radius 1 is 0.737 bits per heavy atom. The number of anilines is 3. The van der Waals surface area contributed by atoms with Gasteiger partial charge in [-0.3, -0.25) is 0 Å². The molecule has 1 atom stereocenters. The van der Waals surface area contributed by atoms with Gasteiger partial charge in [-0.25, -0.2) is 0 Å². The predicted octanol–water partition coefficient (Wildman–Crippen LogP) is 9.53. The molecule has 0 radical (unpaired) electrons. The van der Waals surface area contributed by atoms with E-state index < -0.39 is 0 Å². The van der Waals surface area contributed by atoms with Crippen molar-refractivity contribution in [3.63, 3.8) is 0 Å². The first kappa shape index (κ1) is 25.1. The second kappa shape index (κ2) is 12.1. The highest BCUT2D eigenvalue weighted by molar-refractivity contribution is 5.77. The highest BCUT2D eigenvalue weighted by Crippen LogP contribution is 2.34. The second-order valence-electron chi connectivity index (χ2n) is 9.36. The van der Waals surface area contributed by atoms with Crippen LogP contribution in [0.1, 0.15) is 25.8 Å². The molecule has 0 N–H and O–H groups in total. The molecule has 3 aromatic carbocycles. The molecule has 0 saturated carbocycles. The highest BCUT2D eigenvalue weighted by atomic mass is 15.2. The third-order valence-electron chi connectivity index (χ3n) is 6.88. The quantitative estimate of drug-likeness (QED) is 0.323. The van der Waals surface area contributed by atoms with Crippen molar-refractivity contribution in [1.82, 2.24) is 0 Å². The molecule has 2 nitrogen and oxygen atoms in total. The maximum Gasteiger partial charge on any atom is 0.0714 e. The molecule has 2 aliphatic carbocycles. The number of allylic oxidation sites excluding steroid dienone is 11. The number of rotatable bonds is 7. The fourth-order valence-corrected chi connectivity index (χ4v) is 4.89. The van der Waals surface area contributed by atoms with Crippen molar-refractivity contribution in [3.05, 3.63) is 169 Å². The summed E-state index contributed by atoms with van der Waals surface area (Å²) in [5, 5.41) is 0. The third kappa shape index (κ3) is 5.71. The minimum atomic E-state index is 0.0889. The van der Waals surface area contributed by atoms with Crippen LogP contribution in [-0.2, 0) is 0 Å². The van der Waals surface area contributed by atoms with E-state index in [9.17, 15) is 0 Å². The van der Waals surface area contributed by atoms with Gasteiger partial charge in [0, 0.05) is 28.5 Å². The summed E-state index contributed by atoms with van der Waals surface area (Å²) in [6.45, 7) is 4.29. The summed E-state index contributed by atoms with van der Waals surface area (Å²) >= 11 is 0. The van der Waals surface area contributed by atoms with E-state index in [1.807, 2.05) is 0 Å². The summed E-state index contributed by atoms with van der Waals surface area (Å²) in [5.74, 6) is 0. The van der Waals surface area contributed by atoms with Gasteiger partial charge in [-0.05, 0) is 73.9 Å². The van der Waals surface area contributed by atoms with Gasteiger partial charge in [0.1, 0.15) is 0 Å². The average Bonchev–Trinajstić information content (AvgIpc) is 3.39. The molecule has 0 spiro atoms. The topological polar surface area (TPSA) is 6.48 Å². The Hall–Kier alpha value is -4.56. The smallest absolute Gasteiger partial charge is 0.0714 e. The predicted molar refractivity (Wildman–Crippen MR) is 164 cm³/mol. The van der Waals surface area contributed by atoms with Gasteiger partial charge in [0.25, 0.3) is 0 Å². The third-order valence-corrected chi connectivity index (χ3v) is 6.88. The summed E-state index contributed by atoms with van der Waals surface area (Å²) in [4.78, 5) is 4.72. The fraction of sp³-hybridized carbons (Fsp3) is 0.111. The fourth-order valence-electron chi connectivity index (χ4n) is 4.89. The van der Waals surface area contributed by atoms with E-state index in [2.05, 4.69) is 175 Å². The molecule has 1 unspecified atom stereocenters. The van der Waals surface area contributed by atoms with E-state index in [0.717, 1.165) is 23.5 Å². The van der Waals surface area contributed by atoms with E-state index in [4.69, 9.17) is 0 Å². The SMILES string of the molecule is C/C=C(\C)N(c1ccc(N(C2=CCC=CC=C2)c2ccccc2)cc1)C1C=CC=CC(c2ccccc2)=C1. The zero-order valence-corrected chi connectivity index (χ0v) is 22.1. The molecule has 0 saturated heterocycles. The molecule has 3 aromatic rings.